The largest absolute Gasteiger partial charge is 0.433 e. The first-order chi connectivity index (χ1) is 14.4. The van der Waals surface area contributed by atoms with Gasteiger partial charge >= 0.3 is 6.18 Å². The fourth-order valence-corrected chi connectivity index (χ4v) is 4.15. The van der Waals surface area contributed by atoms with Gasteiger partial charge in [-0.2, -0.15) is 13.2 Å². The highest BCUT2D eigenvalue weighted by molar-refractivity contribution is 7.22. The minimum Gasteiger partial charge on any atom is -0.379 e. The van der Waals surface area contributed by atoms with Crippen LogP contribution in [0.15, 0.2) is 30.3 Å². The van der Waals surface area contributed by atoms with Gasteiger partial charge in [0.25, 0.3) is 0 Å². The zero-order chi connectivity index (χ0) is 21.1. The van der Waals surface area contributed by atoms with Crippen molar-refractivity contribution in [1.29, 1.82) is 0 Å². The number of ether oxygens (including phenoxy) is 1. The van der Waals surface area contributed by atoms with Crippen LogP contribution in [0.4, 0.5) is 24.1 Å². The number of alkyl halides is 3. The highest BCUT2D eigenvalue weighted by Gasteiger charge is 2.33. The lowest BCUT2D eigenvalue weighted by molar-refractivity contribution is -0.141. The lowest BCUT2D eigenvalue weighted by atomic mass is 10.1. The molecule has 0 amide bonds. The van der Waals surface area contributed by atoms with Crippen molar-refractivity contribution in [1.82, 2.24) is 14.9 Å². The number of nitrogens with zero attached hydrogens (tertiary/aromatic N) is 3. The second-order valence-corrected chi connectivity index (χ2v) is 8.12. The number of aromatic nitrogens is 2. The predicted octanol–water partition coefficient (Wildman–Crippen LogP) is 4.09. The molecule has 6 nitrogen and oxygen atoms in total. The first-order valence-corrected chi connectivity index (χ1v) is 10.5. The van der Waals surface area contributed by atoms with Crippen LogP contribution in [0.25, 0.3) is 21.3 Å². The van der Waals surface area contributed by atoms with E-state index in [0.29, 0.717) is 22.8 Å². The van der Waals surface area contributed by atoms with E-state index < -0.39 is 11.9 Å². The number of pyridine rings is 1. The van der Waals surface area contributed by atoms with Crippen molar-refractivity contribution < 1.29 is 17.9 Å². The molecule has 0 spiro atoms. The van der Waals surface area contributed by atoms with Crippen LogP contribution in [0.5, 0.6) is 0 Å². The summed E-state index contributed by atoms with van der Waals surface area (Å²) in [5, 5.41) is 3.56. The summed E-state index contributed by atoms with van der Waals surface area (Å²) in [4.78, 5) is 10.4. The molecule has 0 atom stereocenters. The maximum atomic E-state index is 13.2. The molecule has 10 heteroatoms. The molecule has 1 aliphatic heterocycles. The first-order valence-electron chi connectivity index (χ1n) is 9.69. The number of nitrogen functional groups attached to an aromatic ring is 1. The van der Waals surface area contributed by atoms with E-state index in [0.717, 1.165) is 55.6 Å². The molecule has 1 saturated heterocycles. The van der Waals surface area contributed by atoms with Gasteiger partial charge in [-0.3, -0.25) is 4.90 Å². The summed E-state index contributed by atoms with van der Waals surface area (Å²) in [6.45, 7) is 4.57. The number of hydrogen-bond acceptors (Lipinski definition) is 7. The van der Waals surface area contributed by atoms with E-state index in [2.05, 4.69) is 20.2 Å². The Morgan fingerprint density at radius 1 is 1.13 bits per heavy atom. The van der Waals surface area contributed by atoms with Crippen LogP contribution in [-0.2, 0) is 10.9 Å². The van der Waals surface area contributed by atoms with Gasteiger partial charge in [-0.15, -0.1) is 0 Å². The standard InChI is InChI=1S/C20H22F3N5OS/c21-20(22,23)17-5-3-14(13-2-4-16-15(12-13)26-19(24)30-16)18(27-17)25-6-1-7-28-8-10-29-11-9-28/h2-5,12H,1,6-11H2,(H2,24,26)(H,25,27). The van der Waals surface area contributed by atoms with E-state index in [1.807, 2.05) is 18.2 Å². The lowest BCUT2D eigenvalue weighted by Gasteiger charge is -2.26. The lowest BCUT2D eigenvalue weighted by Crippen LogP contribution is -2.37. The van der Waals surface area contributed by atoms with Gasteiger partial charge in [-0.1, -0.05) is 17.4 Å². The molecular formula is C20H22F3N5OS. The number of hydrogen-bond donors (Lipinski definition) is 2. The molecule has 1 aromatic carbocycles. The fourth-order valence-electron chi connectivity index (χ4n) is 3.43. The summed E-state index contributed by atoms with van der Waals surface area (Å²) in [6, 6.07) is 8.01. The summed E-state index contributed by atoms with van der Waals surface area (Å²) >= 11 is 1.37. The number of nitrogens with two attached hydrogens (primary N) is 1. The van der Waals surface area contributed by atoms with E-state index in [4.69, 9.17) is 10.5 Å². The molecule has 0 bridgehead atoms. The Hall–Kier alpha value is -2.43. The summed E-state index contributed by atoms with van der Waals surface area (Å²) in [5.74, 6) is 0.217. The van der Waals surface area contributed by atoms with Crippen LogP contribution in [0.3, 0.4) is 0 Å². The molecule has 160 valence electrons. The van der Waals surface area contributed by atoms with Crippen molar-refractivity contribution in [2.75, 3.05) is 50.4 Å². The summed E-state index contributed by atoms with van der Waals surface area (Å²) in [6.07, 6.45) is -3.71. The van der Waals surface area contributed by atoms with E-state index in [1.54, 1.807) is 0 Å². The number of anilines is 2. The van der Waals surface area contributed by atoms with Crippen LogP contribution in [-0.4, -0.2) is 54.3 Å². The number of fused-ring (bicyclic) bond motifs is 1. The van der Waals surface area contributed by atoms with Gasteiger partial charge in [0.05, 0.1) is 23.4 Å². The van der Waals surface area contributed by atoms with E-state index in [9.17, 15) is 13.2 Å². The van der Waals surface area contributed by atoms with Crippen molar-refractivity contribution in [3.05, 3.63) is 36.0 Å². The van der Waals surface area contributed by atoms with Crippen LogP contribution in [0.1, 0.15) is 12.1 Å². The van der Waals surface area contributed by atoms with Crippen molar-refractivity contribution in [3.8, 4) is 11.1 Å². The molecule has 30 heavy (non-hydrogen) atoms. The second kappa shape index (κ2) is 8.75. The molecule has 3 heterocycles. The van der Waals surface area contributed by atoms with Gasteiger partial charge in [0.2, 0.25) is 0 Å². The monoisotopic (exact) mass is 437 g/mol. The van der Waals surface area contributed by atoms with Crippen molar-refractivity contribution in [2.24, 2.45) is 0 Å². The molecule has 3 aromatic rings. The summed E-state index contributed by atoms with van der Waals surface area (Å²) in [7, 11) is 0. The van der Waals surface area contributed by atoms with Crippen molar-refractivity contribution in [3.63, 3.8) is 0 Å². The number of benzene rings is 1. The molecule has 3 N–H and O–H groups in total. The van der Waals surface area contributed by atoms with E-state index in [1.165, 1.54) is 17.4 Å². The number of morpholine rings is 1. The molecule has 0 aliphatic carbocycles. The van der Waals surface area contributed by atoms with Crippen molar-refractivity contribution in [2.45, 2.75) is 12.6 Å². The van der Waals surface area contributed by atoms with Gasteiger partial charge in [-0.25, -0.2) is 9.97 Å². The van der Waals surface area contributed by atoms with E-state index >= 15 is 0 Å². The SMILES string of the molecule is Nc1nc2cc(-c3ccc(C(F)(F)F)nc3NCCCN3CCOCC3)ccc2s1. The normalized spacial score (nSPS) is 15.6. The topological polar surface area (TPSA) is 76.3 Å². The van der Waals surface area contributed by atoms with Crippen LogP contribution >= 0.6 is 11.3 Å². The molecular weight excluding hydrogens is 415 g/mol. The molecule has 4 rings (SSSR count). The Morgan fingerprint density at radius 2 is 1.93 bits per heavy atom. The minimum atomic E-state index is -4.50. The Labute approximate surface area is 175 Å². The number of nitrogens with one attached hydrogen (secondary N) is 1. The third-order valence-corrected chi connectivity index (χ3v) is 5.81. The average molecular weight is 437 g/mol. The van der Waals surface area contributed by atoms with E-state index in [-0.39, 0.29) is 5.82 Å². The van der Waals surface area contributed by atoms with Gasteiger partial charge < -0.3 is 15.8 Å². The Morgan fingerprint density at radius 3 is 2.70 bits per heavy atom. The first kappa shape index (κ1) is 20.8. The smallest absolute Gasteiger partial charge is 0.379 e. The predicted molar refractivity (Wildman–Crippen MR) is 113 cm³/mol. The Bertz CT molecular complexity index is 1020. The van der Waals surface area contributed by atoms with Gasteiger partial charge in [0, 0.05) is 25.2 Å². The maximum absolute atomic E-state index is 13.2. The van der Waals surface area contributed by atoms with Crippen LogP contribution in [0.2, 0.25) is 0 Å². The number of thiazole rings is 1. The Kier molecular flexibility index (Phi) is 6.07. The third-order valence-electron chi connectivity index (χ3n) is 4.95. The molecule has 0 unspecified atom stereocenters. The van der Waals surface area contributed by atoms with Crippen LogP contribution < -0.4 is 11.1 Å². The van der Waals surface area contributed by atoms with Crippen LogP contribution in [0, 0.1) is 0 Å². The minimum absolute atomic E-state index is 0.217. The van der Waals surface area contributed by atoms with Gasteiger partial charge in [-0.05, 0) is 42.8 Å². The molecule has 1 fully saturated rings. The maximum Gasteiger partial charge on any atom is 0.433 e. The summed E-state index contributed by atoms with van der Waals surface area (Å²) < 4.78 is 45.9. The highest BCUT2D eigenvalue weighted by Crippen LogP contribution is 2.35. The van der Waals surface area contributed by atoms with Gasteiger partial charge in [0.1, 0.15) is 11.5 Å². The molecule has 1 aliphatic rings. The average Bonchev–Trinajstić information content (AvgIpc) is 3.10. The fraction of sp³-hybridized carbons (Fsp3) is 0.400. The van der Waals surface area contributed by atoms with Gasteiger partial charge in [0.15, 0.2) is 5.13 Å². The highest BCUT2D eigenvalue weighted by atomic mass is 32.1. The zero-order valence-corrected chi connectivity index (χ0v) is 17.0. The molecule has 2 aromatic heterocycles. The second-order valence-electron chi connectivity index (χ2n) is 7.06. The van der Waals surface area contributed by atoms with Crippen molar-refractivity contribution >= 4 is 32.5 Å². The Balaban J connectivity index is 1.55. The zero-order valence-electron chi connectivity index (χ0n) is 16.2. The number of halogens is 3. The third kappa shape index (κ3) is 4.82. The quantitative estimate of drug-likeness (QED) is 0.566. The molecule has 0 saturated carbocycles. The molecule has 0 radical (unpaired) electrons. The summed E-state index contributed by atoms with van der Waals surface area (Å²) in [5.41, 5.74) is 6.91. The number of rotatable bonds is 6.